The molecule has 2 rings (SSSR count). The fraction of sp³-hybridized carbons (Fsp3) is 0.278. The molecule has 1 N–H and O–H groups in total. The smallest absolute Gasteiger partial charge is 0.240 e. The molecule has 0 bridgehead atoms. The van der Waals surface area contributed by atoms with Gasteiger partial charge in [-0.05, 0) is 48.4 Å². The van der Waals surface area contributed by atoms with Crippen molar-refractivity contribution in [3.8, 4) is 0 Å². The van der Waals surface area contributed by atoms with Gasteiger partial charge in [-0.15, -0.1) is 0 Å². The van der Waals surface area contributed by atoms with Gasteiger partial charge in [0, 0.05) is 31.6 Å². The number of carbonyl (C=O) groups excluding carboxylic acids is 1. The average Bonchev–Trinajstić information content (AvgIpc) is 2.59. The lowest BCUT2D eigenvalue weighted by molar-refractivity contribution is -0.128. The number of nitrogens with zero attached hydrogens (tertiary/aromatic N) is 1. The van der Waals surface area contributed by atoms with E-state index in [1.165, 1.54) is 43.3 Å². The van der Waals surface area contributed by atoms with Crippen molar-refractivity contribution in [3.05, 3.63) is 64.9 Å². The monoisotopic (exact) mass is 398 g/mol. The number of hydrogen-bond donors (Lipinski definition) is 1. The summed E-state index contributed by atoms with van der Waals surface area (Å²) in [5.41, 5.74) is 0.902. The van der Waals surface area contributed by atoms with Gasteiger partial charge in [0.15, 0.2) is 0 Å². The number of rotatable bonds is 8. The second-order valence-electron chi connectivity index (χ2n) is 5.73. The second kappa shape index (κ2) is 9.12. The van der Waals surface area contributed by atoms with Crippen LogP contribution in [0, 0.1) is 5.82 Å². The van der Waals surface area contributed by atoms with E-state index in [4.69, 9.17) is 11.6 Å². The molecule has 2 aromatic carbocycles. The summed E-state index contributed by atoms with van der Waals surface area (Å²) in [7, 11) is -3.66. The van der Waals surface area contributed by atoms with Crippen LogP contribution in [0.15, 0.2) is 53.4 Å². The minimum Gasteiger partial charge on any atom is -0.341 e. The topological polar surface area (TPSA) is 66.5 Å². The first-order valence-electron chi connectivity index (χ1n) is 8.03. The number of nitrogens with one attached hydrogen (secondary N) is 1. The summed E-state index contributed by atoms with van der Waals surface area (Å²) in [6, 6.07) is 11.9. The third-order valence-corrected chi connectivity index (χ3v) is 5.56. The van der Waals surface area contributed by atoms with Crippen molar-refractivity contribution in [1.82, 2.24) is 9.62 Å². The number of halogens is 2. The van der Waals surface area contributed by atoms with Crippen LogP contribution in [0.1, 0.15) is 12.5 Å². The van der Waals surface area contributed by atoms with E-state index in [-0.39, 0.29) is 29.7 Å². The molecular formula is C18H20ClFN2O3S. The largest absolute Gasteiger partial charge is 0.341 e. The van der Waals surface area contributed by atoms with Crippen molar-refractivity contribution < 1.29 is 17.6 Å². The Bertz CT molecular complexity index is 840. The predicted octanol–water partition coefficient (Wildman–Crippen LogP) is 2.85. The van der Waals surface area contributed by atoms with Crippen molar-refractivity contribution in [1.29, 1.82) is 0 Å². The van der Waals surface area contributed by atoms with E-state index in [2.05, 4.69) is 4.72 Å². The first-order chi connectivity index (χ1) is 12.3. The Hall–Kier alpha value is -1.96. The summed E-state index contributed by atoms with van der Waals surface area (Å²) >= 11 is 5.76. The Balaban J connectivity index is 1.88. The van der Waals surface area contributed by atoms with Gasteiger partial charge in [0.1, 0.15) is 5.82 Å². The maximum absolute atomic E-state index is 12.9. The predicted molar refractivity (Wildman–Crippen MR) is 99.0 cm³/mol. The van der Waals surface area contributed by atoms with Crippen LogP contribution in [-0.2, 0) is 21.2 Å². The highest BCUT2D eigenvalue weighted by Crippen LogP contribution is 2.13. The SMILES string of the molecule is CC(=O)N(CCNS(=O)(=O)c1ccc(Cl)cc1)CCc1ccc(F)cc1. The molecule has 0 saturated heterocycles. The van der Waals surface area contributed by atoms with Crippen molar-refractivity contribution in [2.75, 3.05) is 19.6 Å². The fourth-order valence-electron chi connectivity index (χ4n) is 2.35. The summed E-state index contributed by atoms with van der Waals surface area (Å²) < 4.78 is 39.8. The summed E-state index contributed by atoms with van der Waals surface area (Å²) in [4.78, 5) is 13.4. The highest BCUT2D eigenvalue weighted by Gasteiger charge is 2.15. The first kappa shape index (κ1) is 20.4. The average molecular weight is 399 g/mol. The van der Waals surface area contributed by atoms with E-state index < -0.39 is 10.0 Å². The number of sulfonamides is 1. The maximum Gasteiger partial charge on any atom is 0.240 e. The Labute approximate surface area is 157 Å². The van der Waals surface area contributed by atoms with E-state index in [0.717, 1.165) is 5.56 Å². The number of benzene rings is 2. The molecule has 140 valence electrons. The molecule has 26 heavy (non-hydrogen) atoms. The normalized spacial score (nSPS) is 11.3. The quantitative estimate of drug-likeness (QED) is 0.743. The molecule has 0 radical (unpaired) electrons. The summed E-state index contributed by atoms with van der Waals surface area (Å²) in [5, 5.41) is 0.451. The van der Waals surface area contributed by atoms with E-state index in [1.54, 1.807) is 17.0 Å². The van der Waals surface area contributed by atoms with E-state index in [9.17, 15) is 17.6 Å². The van der Waals surface area contributed by atoms with Crippen LogP contribution >= 0.6 is 11.6 Å². The molecule has 0 unspecified atom stereocenters. The molecule has 0 atom stereocenters. The fourth-order valence-corrected chi connectivity index (χ4v) is 3.50. The molecule has 0 aliphatic heterocycles. The van der Waals surface area contributed by atoms with Gasteiger partial charge in [0.05, 0.1) is 4.90 Å². The molecule has 0 spiro atoms. The molecular weight excluding hydrogens is 379 g/mol. The van der Waals surface area contributed by atoms with Gasteiger partial charge in [-0.1, -0.05) is 23.7 Å². The lowest BCUT2D eigenvalue weighted by Crippen LogP contribution is -2.38. The summed E-state index contributed by atoms with van der Waals surface area (Å²) in [6.45, 7) is 2.18. The number of carbonyl (C=O) groups is 1. The van der Waals surface area contributed by atoms with Gasteiger partial charge < -0.3 is 4.90 Å². The number of hydrogen-bond acceptors (Lipinski definition) is 3. The molecule has 0 aliphatic rings. The molecule has 0 aliphatic carbocycles. The molecule has 0 heterocycles. The maximum atomic E-state index is 12.9. The van der Waals surface area contributed by atoms with Gasteiger partial charge in [0.25, 0.3) is 0 Å². The second-order valence-corrected chi connectivity index (χ2v) is 7.94. The van der Waals surface area contributed by atoms with Gasteiger partial charge in [0.2, 0.25) is 15.9 Å². The molecule has 8 heteroatoms. The third kappa shape index (κ3) is 6.09. The molecule has 0 saturated carbocycles. The zero-order valence-corrected chi connectivity index (χ0v) is 15.9. The number of amides is 1. The van der Waals surface area contributed by atoms with Crippen molar-refractivity contribution in [3.63, 3.8) is 0 Å². The molecule has 0 fully saturated rings. The zero-order valence-electron chi connectivity index (χ0n) is 14.3. The molecule has 2 aromatic rings. The van der Waals surface area contributed by atoms with Crippen LogP contribution in [-0.4, -0.2) is 38.9 Å². The third-order valence-electron chi connectivity index (χ3n) is 3.83. The Morgan fingerprint density at radius 1 is 1.08 bits per heavy atom. The van der Waals surface area contributed by atoms with Crippen LogP contribution in [0.5, 0.6) is 0 Å². The summed E-state index contributed by atoms with van der Waals surface area (Å²) in [6.07, 6.45) is 0.559. The standard InChI is InChI=1S/C18H20ClFN2O3S/c1-14(23)22(12-10-15-2-6-17(20)7-3-15)13-11-21-26(24,25)18-8-4-16(19)5-9-18/h2-9,21H,10-13H2,1H3. The lowest BCUT2D eigenvalue weighted by Gasteiger charge is -2.21. The van der Waals surface area contributed by atoms with Gasteiger partial charge >= 0.3 is 0 Å². The first-order valence-corrected chi connectivity index (χ1v) is 9.89. The van der Waals surface area contributed by atoms with E-state index in [0.29, 0.717) is 18.0 Å². The van der Waals surface area contributed by atoms with Crippen LogP contribution in [0.2, 0.25) is 5.02 Å². The Morgan fingerprint density at radius 3 is 2.27 bits per heavy atom. The van der Waals surface area contributed by atoms with Crippen LogP contribution in [0.3, 0.4) is 0 Å². The Kier molecular flexibility index (Phi) is 7.14. The van der Waals surface area contributed by atoms with Crippen molar-refractivity contribution >= 4 is 27.5 Å². The van der Waals surface area contributed by atoms with Crippen LogP contribution in [0.25, 0.3) is 0 Å². The van der Waals surface area contributed by atoms with E-state index in [1.807, 2.05) is 0 Å². The van der Waals surface area contributed by atoms with Crippen molar-refractivity contribution in [2.24, 2.45) is 0 Å². The van der Waals surface area contributed by atoms with Gasteiger partial charge in [-0.25, -0.2) is 17.5 Å². The zero-order chi connectivity index (χ0) is 19.2. The molecule has 0 aromatic heterocycles. The lowest BCUT2D eigenvalue weighted by atomic mass is 10.1. The van der Waals surface area contributed by atoms with Gasteiger partial charge in [-0.2, -0.15) is 0 Å². The summed E-state index contributed by atoms with van der Waals surface area (Å²) in [5.74, 6) is -0.466. The van der Waals surface area contributed by atoms with Crippen LogP contribution in [0.4, 0.5) is 4.39 Å². The minimum atomic E-state index is -3.66. The minimum absolute atomic E-state index is 0.0912. The van der Waals surface area contributed by atoms with Gasteiger partial charge in [-0.3, -0.25) is 4.79 Å². The Morgan fingerprint density at radius 2 is 1.69 bits per heavy atom. The molecule has 5 nitrogen and oxygen atoms in total. The van der Waals surface area contributed by atoms with E-state index >= 15 is 0 Å². The van der Waals surface area contributed by atoms with Crippen molar-refractivity contribution in [2.45, 2.75) is 18.2 Å². The highest BCUT2D eigenvalue weighted by atomic mass is 35.5. The van der Waals surface area contributed by atoms with Crippen LogP contribution < -0.4 is 4.72 Å². The highest BCUT2D eigenvalue weighted by molar-refractivity contribution is 7.89. The molecule has 1 amide bonds.